The maximum atomic E-state index is 11.0. The summed E-state index contributed by atoms with van der Waals surface area (Å²) in [6, 6.07) is 3.43. The lowest BCUT2D eigenvalue weighted by molar-refractivity contribution is 0.101. The molecule has 0 bridgehead atoms. The third-order valence-electron chi connectivity index (χ3n) is 1.65. The van der Waals surface area contributed by atoms with Crippen LogP contribution >= 0.6 is 15.9 Å². The molecule has 2 aromatic heterocycles. The first kappa shape index (κ1) is 8.37. The zero-order valence-corrected chi connectivity index (χ0v) is 8.45. The van der Waals surface area contributed by atoms with Gasteiger partial charge in [0.15, 0.2) is 11.4 Å². The highest BCUT2D eigenvalue weighted by Crippen LogP contribution is 2.09. The van der Waals surface area contributed by atoms with E-state index in [1.54, 1.807) is 22.8 Å². The standard InChI is InChI=1S/C8H6BrN3O/c1-5(13)6-4-8-10-7(9)2-3-12(8)11-6/h2-4H,1H3. The van der Waals surface area contributed by atoms with Crippen LogP contribution < -0.4 is 0 Å². The Labute approximate surface area is 82.7 Å². The summed E-state index contributed by atoms with van der Waals surface area (Å²) in [7, 11) is 0. The SMILES string of the molecule is CC(=O)c1cc2nc(Br)ccn2n1. The van der Waals surface area contributed by atoms with Gasteiger partial charge in [-0.05, 0) is 22.0 Å². The number of rotatable bonds is 1. The van der Waals surface area contributed by atoms with E-state index >= 15 is 0 Å². The first-order valence-electron chi connectivity index (χ1n) is 3.70. The smallest absolute Gasteiger partial charge is 0.180 e. The van der Waals surface area contributed by atoms with E-state index in [0.717, 1.165) is 4.60 Å². The Bertz CT molecular complexity index is 477. The van der Waals surface area contributed by atoms with Gasteiger partial charge >= 0.3 is 0 Å². The van der Waals surface area contributed by atoms with Gasteiger partial charge in [-0.15, -0.1) is 0 Å². The van der Waals surface area contributed by atoms with Crippen molar-refractivity contribution in [1.82, 2.24) is 14.6 Å². The fourth-order valence-corrected chi connectivity index (χ4v) is 1.33. The Balaban J connectivity index is 2.68. The van der Waals surface area contributed by atoms with E-state index in [4.69, 9.17) is 0 Å². The van der Waals surface area contributed by atoms with E-state index in [-0.39, 0.29) is 5.78 Å². The number of halogens is 1. The molecule has 4 nitrogen and oxygen atoms in total. The van der Waals surface area contributed by atoms with Gasteiger partial charge < -0.3 is 0 Å². The van der Waals surface area contributed by atoms with E-state index in [1.165, 1.54) is 6.92 Å². The fraction of sp³-hybridized carbons (Fsp3) is 0.125. The molecule has 5 heteroatoms. The number of carbonyl (C=O) groups excluding carboxylic acids is 1. The predicted molar refractivity (Wildman–Crippen MR) is 50.7 cm³/mol. The lowest BCUT2D eigenvalue weighted by atomic mass is 10.3. The van der Waals surface area contributed by atoms with Crippen LogP contribution in [0.1, 0.15) is 17.4 Å². The third-order valence-corrected chi connectivity index (χ3v) is 2.09. The summed E-state index contributed by atoms with van der Waals surface area (Å²) in [4.78, 5) is 15.1. The minimum atomic E-state index is -0.0541. The highest BCUT2D eigenvalue weighted by molar-refractivity contribution is 9.10. The molecule has 0 spiro atoms. The van der Waals surface area contributed by atoms with E-state index in [9.17, 15) is 4.79 Å². The van der Waals surface area contributed by atoms with Crippen molar-refractivity contribution < 1.29 is 4.79 Å². The summed E-state index contributed by atoms with van der Waals surface area (Å²) in [5.41, 5.74) is 1.10. The van der Waals surface area contributed by atoms with E-state index < -0.39 is 0 Å². The molecule has 0 saturated carbocycles. The van der Waals surface area contributed by atoms with Crippen molar-refractivity contribution in [3.05, 3.63) is 28.6 Å². The molecular weight excluding hydrogens is 234 g/mol. The molecule has 0 aliphatic rings. The highest BCUT2D eigenvalue weighted by Gasteiger charge is 2.06. The third kappa shape index (κ3) is 1.47. The lowest BCUT2D eigenvalue weighted by Crippen LogP contribution is -1.93. The molecule has 0 unspecified atom stereocenters. The molecule has 13 heavy (non-hydrogen) atoms. The average molecular weight is 240 g/mol. The number of hydrogen-bond acceptors (Lipinski definition) is 3. The predicted octanol–water partition coefficient (Wildman–Crippen LogP) is 1.69. The topological polar surface area (TPSA) is 47.3 Å². The van der Waals surface area contributed by atoms with Crippen molar-refractivity contribution >= 4 is 27.4 Å². The molecule has 0 aliphatic heterocycles. The van der Waals surface area contributed by atoms with Gasteiger partial charge in [0.25, 0.3) is 0 Å². The number of Topliss-reactive ketones (excluding diaryl/α,β-unsaturated/α-hetero) is 1. The van der Waals surface area contributed by atoms with Gasteiger partial charge in [-0.3, -0.25) is 4.79 Å². The summed E-state index contributed by atoms with van der Waals surface area (Å²) in [5, 5.41) is 4.04. The van der Waals surface area contributed by atoms with Crippen molar-refractivity contribution in [3.63, 3.8) is 0 Å². The van der Waals surface area contributed by atoms with Gasteiger partial charge in [0, 0.05) is 19.2 Å². The Morgan fingerprint density at radius 1 is 1.62 bits per heavy atom. The summed E-state index contributed by atoms with van der Waals surface area (Å²) >= 11 is 3.24. The zero-order chi connectivity index (χ0) is 9.42. The summed E-state index contributed by atoms with van der Waals surface area (Å²) < 4.78 is 2.30. The highest BCUT2D eigenvalue weighted by atomic mass is 79.9. The second kappa shape index (κ2) is 2.92. The van der Waals surface area contributed by atoms with Crippen molar-refractivity contribution in [1.29, 1.82) is 0 Å². The molecule has 0 radical (unpaired) electrons. The van der Waals surface area contributed by atoms with Crippen LogP contribution in [-0.2, 0) is 0 Å². The quantitative estimate of drug-likeness (QED) is 0.563. The van der Waals surface area contributed by atoms with Gasteiger partial charge in [-0.2, -0.15) is 5.10 Å². The van der Waals surface area contributed by atoms with Crippen molar-refractivity contribution in [3.8, 4) is 0 Å². The summed E-state index contributed by atoms with van der Waals surface area (Å²) in [6.07, 6.45) is 1.75. The van der Waals surface area contributed by atoms with Crippen LogP contribution in [0.2, 0.25) is 0 Å². The Kier molecular flexibility index (Phi) is 1.88. The van der Waals surface area contributed by atoms with Crippen LogP contribution in [0.5, 0.6) is 0 Å². The fourth-order valence-electron chi connectivity index (χ4n) is 1.03. The van der Waals surface area contributed by atoms with Crippen LogP contribution in [-0.4, -0.2) is 20.4 Å². The molecule has 66 valence electrons. The first-order valence-corrected chi connectivity index (χ1v) is 4.49. The molecule has 2 aromatic rings. The molecule has 0 atom stereocenters. The molecule has 0 aromatic carbocycles. The van der Waals surface area contributed by atoms with Gasteiger partial charge in [-0.1, -0.05) is 0 Å². The molecule has 2 rings (SSSR count). The van der Waals surface area contributed by atoms with Crippen molar-refractivity contribution in [2.45, 2.75) is 6.92 Å². The van der Waals surface area contributed by atoms with Gasteiger partial charge in [-0.25, -0.2) is 9.50 Å². The van der Waals surface area contributed by atoms with Crippen LogP contribution in [0.15, 0.2) is 22.9 Å². The number of ketones is 1. The number of hydrogen-bond donors (Lipinski definition) is 0. The average Bonchev–Trinajstić information content (AvgIpc) is 2.46. The van der Waals surface area contributed by atoms with Crippen LogP contribution in [0.4, 0.5) is 0 Å². The van der Waals surface area contributed by atoms with E-state index in [0.29, 0.717) is 11.3 Å². The van der Waals surface area contributed by atoms with Gasteiger partial charge in [0.05, 0.1) is 0 Å². The maximum Gasteiger partial charge on any atom is 0.180 e. The van der Waals surface area contributed by atoms with Gasteiger partial charge in [0.1, 0.15) is 10.3 Å². The Morgan fingerprint density at radius 2 is 2.38 bits per heavy atom. The summed E-state index contributed by atoms with van der Waals surface area (Å²) in [5.74, 6) is -0.0541. The lowest BCUT2D eigenvalue weighted by Gasteiger charge is -1.90. The number of nitrogens with zero attached hydrogens (tertiary/aromatic N) is 3. The molecule has 0 fully saturated rings. The van der Waals surface area contributed by atoms with E-state index in [1.807, 2.05) is 0 Å². The largest absolute Gasteiger partial charge is 0.293 e. The number of fused-ring (bicyclic) bond motifs is 1. The number of carbonyl (C=O) groups is 1. The monoisotopic (exact) mass is 239 g/mol. The van der Waals surface area contributed by atoms with Crippen molar-refractivity contribution in [2.75, 3.05) is 0 Å². The van der Waals surface area contributed by atoms with Crippen LogP contribution in [0.3, 0.4) is 0 Å². The molecule has 0 amide bonds. The minimum absolute atomic E-state index is 0.0541. The van der Waals surface area contributed by atoms with Gasteiger partial charge in [0.2, 0.25) is 0 Å². The normalized spacial score (nSPS) is 10.6. The molecule has 0 saturated heterocycles. The van der Waals surface area contributed by atoms with Crippen LogP contribution in [0, 0.1) is 0 Å². The zero-order valence-electron chi connectivity index (χ0n) is 6.86. The van der Waals surface area contributed by atoms with Crippen LogP contribution in [0.25, 0.3) is 5.65 Å². The minimum Gasteiger partial charge on any atom is -0.293 e. The second-order valence-electron chi connectivity index (χ2n) is 2.64. The Hall–Kier alpha value is -1.23. The number of aromatic nitrogens is 3. The molecule has 0 aliphatic carbocycles. The maximum absolute atomic E-state index is 11.0. The molecule has 0 N–H and O–H groups in total. The summed E-state index contributed by atoms with van der Waals surface area (Å²) in [6.45, 7) is 1.48. The van der Waals surface area contributed by atoms with Crippen molar-refractivity contribution in [2.24, 2.45) is 0 Å². The molecule has 2 heterocycles. The van der Waals surface area contributed by atoms with E-state index in [2.05, 4.69) is 26.0 Å². The Morgan fingerprint density at radius 3 is 3.08 bits per heavy atom. The second-order valence-corrected chi connectivity index (χ2v) is 3.45. The molecular formula is C8H6BrN3O. The first-order chi connectivity index (χ1) is 6.16.